The van der Waals surface area contributed by atoms with Crippen LogP contribution in [0.5, 0.6) is 0 Å². The number of carbonyl (C=O) groups is 3. The summed E-state index contributed by atoms with van der Waals surface area (Å²) in [5.74, 6) is -1.83. The molecule has 1 saturated heterocycles. The fourth-order valence-electron chi connectivity index (χ4n) is 2.64. The molecule has 2 heterocycles. The highest BCUT2D eigenvalue weighted by Crippen LogP contribution is 2.26. The number of amides is 2. The van der Waals surface area contributed by atoms with Gasteiger partial charge >= 0.3 is 5.97 Å². The first-order valence-corrected chi connectivity index (χ1v) is 11.6. The Hall–Kier alpha value is -2.02. The van der Waals surface area contributed by atoms with Crippen molar-refractivity contribution in [1.82, 2.24) is 14.5 Å². The van der Waals surface area contributed by atoms with Gasteiger partial charge in [-0.1, -0.05) is 0 Å². The normalized spacial score (nSPS) is 15.5. The Morgan fingerprint density at radius 1 is 1.27 bits per heavy atom. The number of hydrogen-bond donors (Lipinski definition) is 1. The highest BCUT2D eigenvalue weighted by molar-refractivity contribution is 7.89. The quantitative estimate of drug-likeness (QED) is 0.580. The van der Waals surface area contributed by atoms with Crippen LogP contribution in [0.3, 0.4) is 0 Å². The van der Waals surface area contributed by atoms with Crippen LogP contribution in [0, 0.1) is 0 Å². The van der Waals surface area contributed by atoms with E-state index in [1.807, 2.05) is 20.8 Å². The number of carbonyl (C=O) groups excluding carboxylic acids is 3. The van der Waals surface area contributed by atoms with Crippen molar-refractivity contribution in [1.29, 1.82) is 0 Å². The molecule has 0 radical (unpaired) electrons. The summed E-state index contributed by atoms with van der Waals surface area (Å²) in [6, 6.07) is 1.34. The first kappa shape index (κ1) is 24.3. The molecule has 0 unspecified atom stereocenters. The number of likely N-dealkylation sites (N-methyl/N-ethyl adjacent to an activating group) is 1. The van der Waals surface area contributed by atoms with Crippen molar-refractivity contribution in [3.05, 3.63) is 16.3 Å². The van der Waals surface area contributed by atoms with Gasteiger partial charge in [-0.25, -0.2) is 13.2 Å². The number of morpholine rings is 1. The first-order valence-electron chi connectivity index (χ1n) is 9.29. The third-order valence-electron chi connectivity index (χ3n) is 4.05. The smallest absolute Gasteiger partial charge is 0.350 e. The van der Waals surface area contributed by atoms with Crippen LogP contribution in [-0.4, -0.2) is 87.4 Å². The van der Waals surface area contributed by atoms with E-state index in [-0.39, 0.29) is 48.5 Å². The Bertz CT molecular complexity index is 884. The van der Waals surface area contributed by atoms with Crippen molar-refractivity contribution in [2.75, 3.05) is 46.5 Å². The molecule has 1 fully saturated rings. The predicted octanol–water partition coefficient (Wildman–Crippen LogP) is 0.299. The zero-order valence-electron chi connectivity index (χ0n) is 17.5. The van der Waals surface area contributed by atoms with Crippen LogP contribution in [0.1, 0.15) is 30.4 Å². The Morgan fingerprint density at radius 3 is 2.50 bits per heavy atom. The van der Waals surface area contributed by atoms with E-state index in [1.165, 1.54) is 22.8 Å². The predicted molar refractivity (Wildman–Crippen MR) is 110 cm³/mol. The second-order valence-electron chi connectivity index (χ2n) is 7.75. The summed E-state index contributed by atoms with van der Waals surface area (Å²) < 4.78 is 37.0. The van der Waals surface area contributed by atoms with Gasteiger partial charge in [0.25, 0.3) is 5.91 Å². The average molecular weight is 462 g/mol. The number of sulfonamides is 1. The van der Waals surface area contributed by atoms with Crippen molar-refractivity contribution in [3.8, 4) is 0 Å². The van der Waals surface area contributed by atoms with Crippen molar-refractivity contribution >= 4 is 39.1 Å². The number of ether oxygens (including phenoxy) is 2. The highest BCUT2D eigenvalue weighted by atomic mass is 32.2. The lowest BCUT2D eigenvalue weighted by Gasteiger charge is -2.26. The van der Waals surface area contributed by atoms with E-state index in [0.717, 1.165) is 16.2 Å². The maximum Gasteiger partial charge on any atom is 0.350 e. The van der Waals surface area contributed by atoms with Crippen molar-refractivity contribution in [2.24, 2.45) is 0 Å². The summed E-state index contributed by atoms with van der Waals surface area (Å²) in [4.78, 5) is 37.4. The van der Waals surface area contributed by atoms with E-state index in [0.29, 0.717) is 0 Å². The summed E-state index contributed by atoms with van der Waals surface area (Å²) in [5, 5.41) is 4.21. The number of hydrogen-bond acceptors (Lipinski definition) is 8. The molecule has 1 aromatic rings. The van der Waals surface area contributed by atoms with Crippen molar-refractivity contribution < 1.29 is 32.3 Å². The maximum atomic E-state index is 12.8. The molecule has 30 heavy (non-hydrogen) atoms. The van der Waals surface area contributed by atoms with Crippen molar-refractivity contribution in [2.45, 2.75) is 31.2 Å². The van der Waals surface area contributed by atoms with Crippen LogP contribution in [0.2, 0.25) is 0 Å². The van der Waals surface area contributed by atoms with E-state index < -0.39 is 34.0 Å². The molecule has 1 aliphatic rings. The fourth-order valence-corrected chi connectivity index (χ4v) is 5.33. The van der Waals surface area contributed by atoms with Crippen LogP contribution in [0.25, 0.3) is 0 Å². The van der Waals surface area contributed by atoms with E-state index in [4.69, 9.17) is 9.47 Å². The molecule has 12 heteroatoms. The summed E-state index contributed by atoms with van der Waals surface area (Å²) in [7, 11) is -2.45. The minimum atomic E-state index is -3.87. The summed E-state index contributed by atoms with van der Waals surface area (Å²) >= 11 is 0.925. The Balaban J connectivity index is 1.97. The molecule has 1 N–H and O–H groups in total. The van der Waals surface area contributed by atoms with Gasteiger partial charge in [0.05, 0.1) is 19.8 Å². The van der Waals surface area contributed by atoms with Gasteiger partial charge in [0, 0.05) is 25.7 Å². The van der Waals surface area contributed by atoms with Crippen molar-refractivity contribution in [3.63, 3.8) is 0 Å². The van der Waals surface area contributed by atoms with Gasteiger partial charge in [0.2, 0.25) is 15.9 Å². The number of rotatable bonds is 7. The molecule has 0 spiro atoms. The van der Waals surface area contributed by atoms with Gasteiger partial charge in [-0.05, 0) is 32.2 Å². The van der Waals surface area contributed by atoms with E-state index in [2.05, 4.69) is 5.32 Å². The minimum absolute atomic E-state index is 0.0950. The van der Waals surface area contributed by atoms with Gasteiger partial charge in [-0.15, -0.1) is 11.3 Å². The average Bonchev–Trinajstić information content (AvgIpc) is 3.15. The molecule has 0 bridgehead atoms. The SMILES string of the molecule is CN(CC(=O)NC(C)(C)C)C(=O)COC(=O)c1sccc1S(=O)(=O)N1CCOCC1. The topological polar surface area (TPSA) is 122 Å². The molecule has 2 amide bonds. The van der Waals surface area contributed by atoms with Crippen LogP contribution in [0.15, 0.2) is 16.3 Å². The van der Waals surface area contributed by atoms with Crippen LogP contribution < -0.4 is 5.32 Å². The zero-order valence-corrected chi connectivity index (χ0v) is 19.1. The fraction of sp³-hybridized carbons (Fsp3) is 0.611. The summed E-state index contributed by atoms with van der Waals surface area (Å²) in [6.07, 6.45) is 0. The lowest BCUT2D eigenvalue weighted by atomic mass is 10.1. The van der Waals surface area contributed by atoms with E-state index in [1.54, 1.807) is 0 Å². The van der Waals surface area contributed by atoms with E-state index in [9.17, 15) is 22.8 Å². The van der Waals surface area contributed by atoms with Gasteiger partial charge in [-0.3, -0.25) is 9.59 Å². The molecule has 2 rings (SSSR count). The third kappa shape index (κ3) is 6.49. The first-order chi connectivity index (χ1) is 13.9. The molecule has 0 atom stereocenters. The lowest BCUT2D eigenvalue weighted by Crippen LogP contribution is -2.46. The van der Waals surface area contributed by atoms with Crippen LogP contribution in [0.4, 0.5) is 0 Å². The Labute approximate surface area is 180 Å². The number of thiophene rings is 1. The lowest BCUT2D eigenvalue weighted by molar-refractivity contribution is -0.137. The zero-order chi connectivity index (χ0) is 22.5. The van der Waals surface area contributed by atoms with Gasteiger partial charge in [0.15, 0.2) is 6.61 Å². The van der Waals surface area contributed by atoms with Gasteiger partial charge in [0.1, 0.15) is 9.77 Å². The molecule has 0 aliphatic carbocycles. The van der Waals surface area contributed by atoms with Crippen LogP contribution in [-0.2, 0) is 29.1 Å². The number of esters is 1. The third-order valence-corrected chi connectivity index (χ3v) is 7.01. The van der Waals surface area contributed by atoms with Gasteiger partial charge in [-0.2, -0.15) is 4.31 Å². The highest BCUT2D eigenvalue weighted by Gasteiger charge is 2.32. The molecule has 1 aromatic heterocycles. The standard InChI is InChI=1S/C18H27N3O7S2/c1-18(2,3)19-14(22)11-20(4)15(23)12-28-17(24)16-13(5-10-29-16)30(25,26)21-6-8-27-9-7-21/h5,10H,6-9,11-12H2,1-4H3,(H,19,22). The molecular formula is C18H27N3O7S2. The molecule has 1 aliphatic heterocycles. The minimum Gasteiger partial charge on any atom is -0.451 e. The largest absolute Gasteiger partial charge is 0.451 e. The molecule has 0 saturated carbocycles. The number of nitrogens with zero attached hydrogens (tertiary/aromatic N) is 2. The van der Waals surface area contributed by atoms with Gasteiger partial charge < -0.3 is 19.7 Å². The summed E-state index contributed by atoms with van der Waals surface area (Å²) in [6.45, 7) is 5.63. The molecule has 168 valence electrons. The second kappa shape index (κ2) is 9.86. The Kier molecular flexibility index (Phi) is 7.97. The molecular weight excluding hydrogens is 434 g/mol. The molecule has 0 aromatic carbocycles. The second-order valence-corrected chi connectivity index (χ2v) is 10.6. The Morgan fingerprint density at radius 2 is 1.90 bits per heavy atom. The molecule has 10 nitrogen and oxygen atoms in total. The summed E-state index contributed by atoms with van der Waals surface area (Å²) in [5.41, 5.74) is -0.436. The van der Waals surface area contributed by atoms with E-state index >= 15 is 0 Å². The monoisotopic (exact) mass is 461 g/mol. The number of nitrogens with one attached hydrogen (secondary N) is 1. The maximum absolute atomic E-state index is 12.8. The van der Waals surface area contributed by atoms with Crippen LogP contribution >= 0.6 is 11.3 Å².